The summed E-state index contributed by atoms with van der Waals surface area (Å²) in [5.74, 6) is 0. The SMILES string of the molecule is CCCn1ncc(Cl)c1C(C)(O)c1ccc(I)cc1. The van der Waals surface area contributed by atoms with Crippen LogP contribution in [-0.2, 0) is 12.1 Å². The average molecular weight is 391 g/mol. The van der Waals surface area contributed by atoms with Crippen LogP contribution in [0.5, 0.6) is 0 Å². The number of aromatic nitrogens is 2. The van der Waals surface area contributed by atoms with E-state index in [4.69, 9.17) is 11.6 Å². The zero-order chi connectivity index (χ0) is 14.0. The van der Waals surface area contributed by atoms with Crippen LogP contribution in [0.4, 0.5) is 0 Å². The van der Waals surface area contributed by atoms with Gasteiger partial charge in [-0.25, -0.2) is 0 Å². The van der Waals surface area contributed by atoms with Gasteiger partial charge in [0.05, 0.1) is 16.9 Å². The molecule has 0 saturated heterocycles. The fraction of sp³-hybridized carbons (Fsp3) is 0.357. The van der Waals surface area contributed by atoms with E-state index in [1.807, 2.05) is 24.3 Å². The Labute approximate surface area is 131 Å². The number of aliphatic hydroxyl groups is 1. The van der Waals surface area contributed by atoms with Gasteiger partial charge in [0.2, 0.25) is 0 Å². The molecule has 5 heteroatoms. The third-order valence-corrected chi connectivity index (χ3v) is 4.09. The van der Waals surface area contributed by atoms with Crippen molar-refractivity contribution >= 4 is 34.2 Å². The van der Waals surface area contributed by atoms with Crippen LogP contribution in [0.2, 0.25) is 5.02 Å². The van der Waals surface area contributed by atoms with Crippen molar-refractivity contribution < 1.29 is 5.11 Å². The number of halogens is 2. The molecule has 1 N–H and O–H groups in total. The molecule has 2 aromatic rings. The summed E-state index contributed by atoms with van der Waals surface area (Å²) in [5.41, 5.74) is 0.317. The number of nitrogens with zero attached hydrogens (tertiary/aromatic N) is 2. The summed E-state index contributed by atoms with van der Waals surface area (Å²) in [6.45, 7) is 4.56. The predicted octanol–water partition coefficient (Wildman–Crippen LogP) is 3.81. The third-order valence-electron chi connectivity index (χ3n) is 3.10. The van der Waals surface area contributed by atoms with Gasteiger partial charge in [-0.15, -0.1) is 0 Å². The van der Waals surface area contributed by atoms with E-state index in [0.29, 0.717) is 10.7 Å². The Hall–Kier alpha value is -0.590. The molecule has 1 atom stereocenters. The van der Waals surface area contributed by atoms with Gasteiger partial charge in [0.25, 0.3) is 0 Å². The first-order chi connectivity index (χ1) is 8.96. The molecule has 1 aromatic carbocycles. The highest BCUT2D eigenvalue weighted by Crippen LogP contribution is 2.34. The van der Waals surface area contributed by atoms with E-state index in [-0.39, 0.29) is 0 Å². The molecular formula is C14H16ClIN2O. The van der Waals surface area contributed by atoms with Gasteiger partial charge in [0.15, 0.2) is 0 Å². The summed E-state index contributed by atoms with van der Waals surface area (Å²) >= 11 is 8.44. The maximum atomic E-state index is 10.9. The van der Waals surface area contributed by atoms with Crippen LogP contribution in [-0.4, -0.2) is 14.9 Å². The molecule has 0 fully saturated rings. The van der Waals surface area contributed by atoms with Crippen molar-refractivity contribution in [2.75, 3.05) is 0 Å². The van der Waals surface area contributed by atoms with E-state index in [1.165, 1.54) is 0 Å². The van der Waals surface area contributed by atoms with Gasteiger partial charge in [0, 0.05) is 10.1 Å². The zero-order valence-electron chi connectivity index (χ0n) is 10.9. The number of aryl methyl sites for hydroxylation is 1. The molecule has 0 amide bonds. The molecule has 0 bridgehead atoms. The molecule has 0 radical (unpaired) electrons. The molecule has 2 rings (SSSR count). The van der Waals surface area contributed by atoms with E-state index in [1.54, 1.807) is 17.8 Å². The molecular weight excluding hydrogens is 375 g/mol. The minimum absolute atomic E-state index is 0.497. The van der Waals surface area contributed by atoms with Gasteiger partial charge < -0.3 is 5.11 Å². The van der Waals surface area contributed by atoms with E-state index >= 15 is 0 Å². The Morgan fingerprint density at radius 3 is 2.58 bits per heavy atom. The van der Waals surface area contributed by atoms with Crippen LogP contribution >= 0.6 is 34.2 Å². The van der Waals surface area contributed by atoms with Crippen LogP contribution in [0, 0.1) is 3.57 Å². The minimum Gasteiger partial charge on any atom is -0.379 e. The molecule has 1 heterocycles. The normalized spacial score (nSPS) is 14.4. The van der Waals surface area contributed by atoms with E-state index in [2.05, 4.69) is 34.6 Å². The zero-order valence-corrected chi connectivity index (χ0v) is 13.8. The highest BCUT2D eigenvalue weighted by atomic mass is 127. The topological polar surface area (TPSA) is 38.0 Å². The second-order valence-corrected chi connectivity index (χ2v) is 6.30. The van der Waals surface area contributed by atoms with Crippen LogP contribution in [0.1, 0.15) is 31.5 Å². The Morgan fingerprint density at radius 2 is 2.00 bits per heavy atom. The molecule has 1 unspecified atom stereocenters. The van der Waals surface area contributed by atoms with Gasteiger partial charge in [-0.3, -0.25) is 4.68 Å². The van der Waals surface area contributed by atoms with Gasteiger partial charge in [-0.1, -0.05) is 30.7 Å². The van der Waals surface area contributed by atoms with Crippen molar-refractivity contribution in [1.29, 1.82) is 0 Å². The third kappa shape index (κ3) is 2.95. The molecule has 0 aliphatic heterocycles. The van der Waals surface area contributed by atoms with Crippen LogP contribution < -0.4 is 0 Å². The molecule has 102 valence electrons. The maximum absolute atomic E-state index is 10.9. The van der Waals surface area contributed by atoms with Crippen molar-refractivity contribution in [2.24, 2.45) is 0 Å². The van der Waals surface area contributed by atoms with Crippen LogP contribution in [0.3, 0.4) is 0 Å². The summed E-state index contributed by atoms with van der Waals surface area (Å²) in [6, 6.07) is 7.78. The molecule has 0 aliphatic carbocycles. The minimum atomic E-state index is -1.15. The Morgan fingerprint density at radius 1 is 1.37 bits per heavy atom. The second kappa shape index (κ2) is 5.81. The Bertz CT molecular complexity index is 563. The number of hydrogen-bond donors (Lipinski definition) is 1. The lowest BCUT2D eigenvalue weighted by atomic mass is 9.92. The first-order valence-corrected chi connectivity index (χ1v) is 7.62. The summed E-state index contributed by atoms with van der Waals surface area (Å²) in [6.07, 6.45) is 2.53. The van der Waals surface area contributed by atoms with Crippen LogP contribution in [0.25, 0.3) is 0 Å². The highest BCUT2D eigenvalue weighted by Gasteiger charge is 2.32. The average Bonchev–Trinajstić information content (AvgIpc) is 2.72. The van der Waals surface area contributed by atoms with Crippen molar-refractivity contribution in [1.82, 2.24) is 9.78 Å². The number of hydrogen-bond acceptors (Lipinski definition) is 2. The first kappa shape index (κ1) is 14.8. The molecule has 0 saturated carbocycles. The van der Waals surface area contributed by atoms with E-state index in [9.17, 15) is 5.11 Å². The summed E-state index contributed by atoms with van der Waals surface area (Å²) in [4.78, 5) is 0. The smallest absolute Gasteiger partial charge is 0.130 e. The lowest BCUT2D eigenvalue weighted by Crippen LogP contribution is -2.27. The molecule has 0 aliphatic rings. The summed E-state index contributed by atoms with van der Waals surface area (Å²) < 4.78 is 2.91. The molecule has 0 spiro atoms. The van der Waals surface area contributed by atoms with E-state index in [0.717, 1.165) is 22.1 Å². The monoisotopic (exact) mass is 390 g/mol. The Balaban J connectivity index is 2.49. The van der Waals surface area contributed by atoms with Gasteiger partial charge >= 0.3 is 0 Å². The highest BCUT2D eigenvalue weighted by molar-refractivity contribution is 14.1. The number of rotatable bonds is 4. The fourth-order valence-electron chi connectivity index (χ4n) is 2.14. The predicted molar refractivity (Wildman–Crippen MR) is 85.4 cm³/mol. The van der Waals surface area contributed by atoms with E-state index < -0.39 is 5.60 Å². The quantitative estimate of drug-likeness (QED) is 0.806. The standard InChI is InChI=1S/C14H16ClIN2O/c1-3-8-18-13(12(15)9-17-18)14(2,19)10-4-6-11(16)7-5-10/h4-7,9,19H,3,8H2,1-2H3. The lowest BCUT2D eigenvalue weighted by Gasteiger charge is -2.25. The van der Waals surface area contributed by atoms with Crippen molar-refractivity contribution in [3.63, 3.8) is 0 Å². The van der Waals surface area contributed by atoms with Crippen molar-refractivity contribution in [3.8, 4) is 0 Å². The van der Waals surface area contributed by atoms with Crippen LogP contribution in [0.15, 0.2) is 30.5 Å². The summed E-state index contributed by atoms with van der Waals surface area (Å²) in [7, 11) is 0. The number of benzene rings is 1. The summed E-state index contributed by atoms with van der Waals surface area (Å²) in [5, 5.41) is 15.6. The van der Waals surface area contributed by atoms with Gasteiger partial charge in [-0.05, 0) is 53.6 Å². The van der Waals surface area contributed by atoms with Gasteiger partial charge in [-0.2, -0.15) is 5.10 Å². The molecule has 3 nitrogen and oxygen atoms in total. The van der Waals surface area contributed by atoms with Crippen molar-refractivity contribution in [2.45, 2.75) is 32.4 Å². The fourth-order valence-corrected chi connectivity index (χ4v) is 2.82. The van der Waals surface area contributed by atoms with Gasteiger partial charge in [0.1, 0.15) is 5.60 Å². The van der Waals surface area contributed by atoms with Crippen molar-refractivity contribution in [3.05, 3.63) is 50.3 Å². The second-order valence-electron chi connectivity index (χ2n) is 4.64. The maximum Gasteiger partial charge on any atom is 0.130 e. The first-order valence-electron chi connectivity index (χ1n) is 6.17. The largest absolute Gasteiger partial charge is 0.379 e. The lowest BCUT2D eigenvalue weighted by molar-refractivity contribution is 0.0915. The Kier molecular flexibility index (Phi) is 4.53. The molecule has 1 aromatic heterocycles. The molecule has 19 heavy (non-hydrogen) atoms.